The normalized spacial score (nSPS) is 24.7. The number of halogens is 1. The molecule has 1 unspecified atom stereocenters. The summed E-state index contributed by atoms with van der Waals surface area (Å²) in [5.41, 5.74) is 3.31. The Balaban J connectivity index is 1.13. The smallest absolute Gasteiger partial charge is 0.264 e. The van der Waals surface area contributed by atoms with Crippen molar-refractivity contribution in [2.75, 3.05) is 34.4 Å². The van der Waals surface area contributed by atoms with Gasteiger partial charge in [-0.25, -0.2) is 0 Å². The molecule has 56 heavy (non-hydrogen) atoms. The molecule has 11 nitrogen and oxygen atoms in total. The van der Waals surface area contributed by atoms with E-state index in [1.165, 1.54) is 0 Å². The highest BCUT2D eigenvalue weighted by Crippen LogP contribution is 2.61. The minimum atomic E-state index is -3.46. The fraction of sp³-hybridized carbons (Fsp3) is 0.465. The van der Waals surface area contributed by atoms with Crippen LogP contribution in [0.15, 0.2) is 79.0 Å². The molecule has 4 aromatic rings. The van der Waals surface area contributed by atoms with Crippen LogP contribution in [-0.2, 0) is 37.8 Å². The lowest BCUT2D eigenvalue weighted by molar-refractivity contribution is -0.146. The summed E-state index contributed by atoms with van der Waals surface area (Å²) in [6, 6.07) is 23.2. The summed E-state index contributed by atoms with van der Waals surface area (Å²) in [5, 5.41) is 19.0. The molecule has 0 bridgehead atoms. The topological polar surface area (TPSA) is 121 Å². The number of carbonyl (C=O) groups excluding carboxylic acids is 3. The van der Waals surface area contributed by atoms with Gasteiger partial charge in [0, 0.05) is 67.1 Å². The number of piperidine rings is 2. The molecule has 0 radical (unpaired) electrons. The second-order valence-corrected chi connectivity index (χ2v) is 20.2. The van der Waals surface area contributed by atoms with Gasteiger partial charge < -0.3 is 28.7 Å². The van der Waals surface area contributed by atoms with Crippen LogP contribution in [0.25, 0.3) is 0 Å². The van der Waals surface area contributed by atoms with Gasteiger partial charge in [0.1, 0.15) is 0 Å². The van der Waals surface area contributed by atoms with Gasteiger partial charge in [-0.15, -0.1) is 5.10 Å². The van der Waals surface area contributed by atoms with Crippen molar-refractivity contribution in [3.63, 3.8) is 0 Å². The first-order valence-electron chi connectivity index (χ1n) is 20.1. The first-order chi connectivity index (χ1) is 27.0. The number of aliphatic hydroxyl groups is 1. The van der Waals surface area contributed by atoms with E-state index in [1.807, 2.05) is 90.8 Å². The molecule has 1 aromatic heterocycles. The zero-order valence-electron chi connectivity index (χ0n) is 32.4. The first kappa shape index (κ1) is 38.2. The highest BCUT2D eigenvalue weighted by Gasteiger charge is 2.66. The van der Waals surface area contributed by atoms with Crippen LogP contribution in [-0.4, -0.2) is 72.0 Å². The SMILES string of the molecule is C[C@@H]1[C@@H]([Si](C)(C)F)[C@H](CCn2cc(C(CO)c3ccccc3)nn2)O[C@@]12C(=O)N(Cc1cccc(N3CCCCC3=O)c1)c1ccc(N3CCCCC3=O)cc12. The van der Waals surface area contributed by atoms with Gasteiger partial charge in [0.05, 0.1) is 36.6 Å². The Morgan fingerprint density at radius 3 is 2.27 bits per heavy atom. The van der Waals surface area contributed by atoms with Crippen molar-refractivity contribution in [2.24, 2.45) is 5.92 Å². The van der Waals surface area contributed by atoms with Crippen molar-refractivity contribution in [1.82, 2.24) is 15.0 Å². The minimum Gasteiger partial charge on any atom is -0.395 e. The summed E-state index contributed by atoms with van der Waals surface area (Å²) < 4.78 is 25.5. The van der Waals surface area contributed by atoms with Gasteiger partial charge in [-0.3, -0.25) is 19.1 Å². The monoisotopic (exact) mass is 778 g/mol. The van der Waals surface area contributed by atoms with E-state index in [-0.39, 0.29) is 36.8 Å². The molecular formula is C43H51FN6O5Si. The van der Waals surface area contributed by atoms with Gasteiger partial charge >= 0.3 is 0 Å². The maximum absolute atomic E-state index is 16.7. The number of benzene rings is 3. The third kappa shape index (κ3) is 6.87. The van der Waals surface area contributed by atoms with E-state index >= 15 is 8.90 Å². The van der Waals surface area contributed by atoms with Crippen LogP contribution >= 0.6 is 0 Å². The van der Waals surface area contributed by atoms with Crippen molar-refractivity contribution in [3.05, 3.63) is 101 Å². The van der Waals surface area contributed by atoms with Crippen molar-refractivity contribution < 1.29 is 28.3 Å². The van der Waals surface area contributed by atoms with Gasteiger partial charge in [-0.05, 0) is 86.7 Å². The second kappa shape index (κ2) is 15.3. The van der Waals surface area contributed by atoms with E-state index in [1.54, 1.807) is 27.6 Å². The van der Waals surface area contributed by atoms with E-state index in [9.17, 15) is 14.7 Å². The molecule has 5 heterocycles. The number of amides is 3. The predicted molar refractivity (Wildman–Crippen MR) is 215 cm³/mol. The van der Waals surface area contributed by atoms with Crippen LogP contribution in [0.4, 0.5) is 21.2 Å². The van der Waals surface area contributed by atoms with Crippen LogP contribution in [0, 0.1) is 5.92 Å². The fourth-order valence-corrected chi connectivity index (χ4v) is 12.2. The lowest BCUT2D eigenvalue weighted by Gasteiger charge is -2.32. The largest absolute Gasteiger partial charge is 0.395 e. The predicted octanol–water partition coefficient (Wildman–Crippen LogP) is 6.85. The Morgan fingerprint density at radius 2 is 1.61 bits per heavy atom. The molecule has 4 aliphatic rings. The molecule has 3 amide bonds. The summed E-state index contributed by atoms with van der Waals surface area (Å²) in [5.74, 6) is -0.940. The van der Waals surface area contributed by atoms with Gasteiger partial charge in [0.15, 0.2) is 5.60 Å². The Labute approximate surface area is 328 Å². The quantitative estimate of drug-likeness (QED) is 0.131. The molecule has 1 spiro atoms. The second-order valence-electron chi connectivity index (χ2n) is 16.4. The maximum atomic E-state index is 16.7. The zero-order valence-corrected chi connectivity index (χ0v) is 33.4. The summed E-state index contributed by atoms with van der Waals surface area (Å²) in [7, 11) is -3.46. The van der Waals surface area contributed by atoms with Gasteiger partial charge in [0.25, 0.3) is 5.91 Å². The Bertz CT molecular complexity index is 2110. The average molecular weight is 779 g/mol. The molecule has 13 heteroatoms. The van der Waals surface area contributed by atoms with Crippen molar-refractivity contribution in [2.45, 2.75) is 101 Å². The third-order valence-electron chi connectivity index (χ3n) is 12.4. The van der Waals surface area contributed by atoms with E-state index in [2.05, 4.69) is 10.3 Å². The molecule has 3 fully saturated rings. The molecule has 1 N–H and O–H groups in total. The van der Waals surface area contributed by atoms with Crippen molar-refractivity contribution in [3.8, 4) is 0 Å². The number of aryl methyl sites for hydroxylation is 1. The van der Waals surface area contributed by atoms with Gasteiger partial charge in [0.2, 0.25) is 20.2 Å². The number of fused-ring (bicyclic) bond motifs is 2. The third-order valence-corrected chi connectivity index (χ3v) is 14.9. The Kier molecular flexibility index (Phi) is 10.4. The minimum absolute atomic E-state index is 0.0480. The Morgan fingerprint density at radius 1 is 0.911 bits per heavy atom. The highest BCUT2D eigenvalue weighted by atomic mass is 28.4. The molecule has 0 saturated carbocycles. The number of nitrogens with zero attached hydrogens (tertiary/aromatic N) is 6. The molecule has 5 atom stereocenters. The van der Waals surface area contributed by atoms with Crippen LogP contribution in [0.5, 0.6) is 0 Å². The molecule has 294 valence electrons. The van der Waals surface area contributed by atoms with Crippen LogP contribution in [0.3, 0.4) is 0 Å². The lowest BCUT2D eigenvalue weighted by atomic mass is 9.82. The fourth-order valence-electron chi connectivity index (χ4n) is 9.69. The van der Waals surface area contributed by atoms with Crippen molar-refractivity contribution >= 4 is 43.2 Å². The number of aromatic nitrogens is 3. The van der Waals surface area contributed by atoms with Gasteiger partial charge in [-0.2, -0.15) is 0 Å². The van der Waals surface area contributed by atoms with Gasteiger partial charge in [-0.1, -0.05) is 54.6 Å². The number of aliphatic hydroxyl groups excluding tert-OH is 1. The molecule has 0 aliphatic carbocycles. The van der Waals surface area contributed by atoms with Crippen LogP contribution in [0.2, 0.25) is 18.6 Å². The number of hydrogen-bond acceptors (Lipinski definition) is 7. The lowest BCUT2D eigenvalue weighted by Crippen LogP contribution is -2.45. The van der Waals surface area contributed by atoms with E-state index in [0.29, 0.717) is 61.5 Å². The number of ether oxygens (including phenoxy) is 1. The summed E-state index contributed by atoms with van der Waals surface area (Å²) in [6.07, 6.45) is 6.17. The van der Waals surface area contributed by atoms with Crippen molar-refractivity contribution in [1.29, 1.82) is 0 Å². The van der Waals surface area contributed by atoms with E-state index < -0.39 is 31.6 Å². The van der Waals surface area contributed by atoms with Crippen LogP contribution < -0.4 is 14.7 Å². The molecule has 3 aromatic carbocycles. The van der Waals surface area contributed by atoms with Crippen LogP contribution in [0.1, 0.15) is 80.2 Å². The first-order valence-corrected chi connectivity index (χ1v) is 23.0. The maximum Gasteiger partial charge on any atom is 0.264 e. The number of rotatable bonds is 11. The Hall–Kier alpha value is -4.72. The number of anilines is 3. The summed E-state index contributed by atoms with van der Waals surface area (Å²) in [6.45, 7) is 7.08. The number of carbonyl (C=O) groups is 3. The van der Waals surface area contributed by atoms with E-state index in [4.69, 9.17) is 4.74 Å². The summed E-state index contributed by atoms with van der Waals surface area (Å²) >= 11 is 0. The molecule has 8 rings (SSSR count). The average Bonchev–Trinajstić information content (AvgIpc) is 3.85. The molecule has 3 saturated heterocycles. The summed E-state index contributed by atoms with van der Waals surface area (Å²) in [4.78, 5) is 46.6. The molecular weight excluding hydrogens is 728 g/mol. The molecule has 4 aliphatic heterocycles. The highest BCUT2D eigenvalue weighted by molar-refractivity contribution is 6.72. The zero-order chi connectivity index (χ0) is 39.2. The number of hydrogen-bond donors (Lipinski definition) is 1. The standard InChI is InChI=1S/C43H51FN6O5Si/c1-29-41(56(2,3)44)38(20-23-47-27-36(45-46-47)34(28-51)31-13-5-4-6-14-31)55-43(29)35-25-33(49-22-10-8-17-40(49)53)18-19-37(35)50(42(43)54)26-30-12-11-15-32(24-30)48-21-9-7-16-39(48)52/h4-6,11-15,18-19,24-25,27,29,34,38,41,51H,7-10,16-17,20-23,26,28H2,1-3H3/t29-,34?,38+,41-,43+/m1/s1. The van der Waals surface area contributed by atoms with E-state index in [0.717, 1.165) is 42.5 Å².